The van der Waals surface area contributed by atoms with Crippen LogP contribution in [0, 0.1) is 0 Å². The van der Waals surface area contributed by atoms with Gasteiger partial charge in [-0.2, -0.15) is 0 Å². The lowest BCUT2D eigenvalue weighted by molar-refractivity contribution is 0.404. The Bertz CT molecular complexity index is 694. The van der Waals surface area contributed by atoms with Gasteiger partial charge in [-0.15, -0.1) is 11.6 Å². The third kappa shape index (κ3) is 2.90. The predicted octanol–water partition coefficient (Wildman–Crippen LogP) is 3.29. The summed E-state index contributed by atoms with van der Waals surface area (Å²) in [5, 5.41) is 0. The molecule has 0 aliphatic carbocycles. The van der Waals surface area contributed by atoms with Crippen LogP contribution in [-0.4, -0.2) is 18.8 Å². The van der Waals surface area contributed by atoms with Crippen molar-refractivity contribution in [2.45, 2.75) is 19.3 Å². The summed E-state index contributed by atoms with van der Waals surface area (Å²) in [6, 6.07) is 9.16. The molecule has 0 aliphatic rings. The van der Waals surface area contributed by atoms with Gasteiger partial charge in [0.25, 0.3) is 5.56 Å². The van der Waals surface area contributed by atoms with Gasteiger partial charge in [-0.05, 0) is 31.2 Å². The van der Waals surface area contributed by atoms with E-state index < -0.39 is 0 Å². The number of hydrogen-bond acceptors (Lipinski definition) is 3. The molecule has 2 aromatic rings. The van der Waals surface area contributed by atoms with Gasteiger partial charge < -0.3 is 14.0 Å². The number of methoxy groups -OCH3 is 2. The second-order valence-corrected chi connectivity index (χ2v) is 4.76. The number of halogens is 1. The van der Waals surface area contributed by atoms with Crippen molar-refractivity contribution < 1.29 is 9.47 Å². The van der Waals surface area contributed by atoms with Crippen molar-refractivity contribution in [1.82, 2.24) is 4.57 Å². The topological polar surface area (TPSA) is 40.5 Å². The minimum Gasteiger partial charge on any atom is -0.497 e. The molecule has 5 heteroatoms. The zero-order chi connectivity index (χ0) is 15.4. The molecule has 2 rings (SSSR count). The molecule has 0 fully saturated rings. The van der Waals surface area contributed by atoms with Crippen molar-refractivity contribution in [1.29, 1.82) is 0 Å². The van der Waals surface area contributed by atoms with Crippen LogP contribution in [-0.2, 0) is 12.4 Å². The van der Waals surface area contributed by atoms with Crippen molar-refractivity contribution >= 4 is 11.6 Å². The molecule has 4 nitrogen and oxygen atoms in total. The number of benzene rings is 1. The fourth-order valence-electron chi connectivity index (χ4n) is 2.29. The second kappa shape index (κ2) is 6.68. The van der Waals surface area contributed by atoms with E-state index in [1.807, 2.05) is 31.2 Å². The Kier molecular flexibility index (Phi) is 4.91. The molecule has 1 heterocycles. The molecule has 0 unspecified atom stereocenters. The minimum atomic E-state index is -0.0742. The molecule has 0 N–H and O–H groups in total. The van der Waals surface area contributed by atoms with Crippen molar-refractivity contribution in [2.75, 3.05) is 14.2 Å². The lowest BCUT2D eigenvalue weighted by atomic mass is 10.1. The van der Waals surface area contributed by atoms with Gasteiger partial charge in [0.2, 0.25) is 0 Å². The molecule has 0 bridgehead atoms. The summed E-state index contributed by atoms with van der Waals surface area (Å²) in [6.45, 7) is 2.48. The highest BCUT2D eigenvalue weighted by molar-refractivity contribution is 6.17. The quantitative estimate of drug-likeness (QED) is 0.796. The number of rotatable bonds is 5. The zero-order valence-corrected chi connectivity index (χ0v) is 13.1. The van der Waals surface area contributed by atoms with Crippen LogP contribution >= 0.6 is 11.6 Å². The summed E-state index contributed by atoms with van der Waals surface area (Å²) in [4.78, 5) is 12.4. The standard InChI is InChI=1S/C16H18ClNO3/c1-4-18-14(7-5-11(10-17)16(18)19)13-9-12(20-2)6-8-15(13)21-3/h5-9H,4,10H2,1-3H3. The van der Waals surface area contributed by atoms with Gasteiger partial charge in [0.05, 0.1) is 25.8 Å². The first-order valence-corrected chi connectivity index (χ1v) is 7.20. The molecule has 0 aliphatic heterocycles. The van der Waals surface area contributed by atoms with E-state index >= 15 is 0 Å². The Morgan fingerprint density at radius 3 is 2.48 bits per heavy atom. The Labute approximate surface area is 128 Å². The van der Waals surface area contributed by atoms with Crippen LogP contribution < -0.4 is 15.0 Å². The molecular weight excluding hydrogens is 290 g/mol. The SMILES string of the molecule is CCn1c(-c2cc(OC)ccc2OC)ccc(CCl)c1=O. The molecule has 1 aromatic carbocycles. The van der Waals surface area contributed by atoms with E-state index in [4.69, 9.17) is 21.1 Å². The average molecular weight is 308 g/mol. The highest BCUT2D eigenvalue weighted by Crippen LogP contribution is 2.33. The predicted molar refractivity (Wildman–Crippen MR) is 84.5 cm³/mol. The molecule has 112 valence electrons. The van der Waals surface area contributed by atoms with E-state index in [1.165, 1.54) is 0 Å². The number of nitrogens with zero attached hydrogens (tertiary/aromatic N) is 1. The molecule has 0 saturated carbocycles. The smallest absolute Gasteiger partial charge is 0.255 e. The highest BCUT2D eigenvalue weighted by Gasteiger charge is 2.13. The van der Waals surface area contributed by atoms with E-state index in [0.717, 1.165) is 11.3 Å². The van der Waals surface area contributed by atoms with Gasteiger partial charge in [-0.25, -0.2) is 0 Å². The zero-order valence-electron chi connectivity index (χ0n) is 12.4. The van der Waals surface area contributed by atoms with E-state index in [0.29, 0.717) is 23.6 Å². The molecule has 0 amide bonds. The van der Waals surface area contributed by atoms with E-state index in [9.17, 15) is 4.79 Å². The molecule has 0 atom stereocenters. The maximum Gasteiger partial charge on any atom is 0.255 e. The number of alkyl halides is 1. The highest BCUT2D eigenvalue weighted by atomic mass is 35.5. The third-order valence-electron chi connectivity index (χ3n) is 3.40. The lowest BCUT2D eigenvalue weighted by Crippen LogP contribution is -2.23. The normalized spacial score (nSPS) is 10.5. The van der Waals surface area contributed by atoms with Crippen LogP contribution in [0.4, 0.5) is 0 Å². The Hall–Kier alpha value is -1.94. The molecule has 0 spiro atoms. The van der Waals surface area contributed by atoms with Crippen LogP contribution in [0.3, 0.4) is 0 Å². The summed E-state index contributed by atoms with van der Waals surface area (Å²) in [5.41, 5.74) is 2.11. The molecule has 21 heavy (non-hydrogen) atoms. The summed E-state index contributed by atoms with van der Waals surface area (Å²) in [5.74, 6) is 1.60. The first-order chi connectivity index (χ1) is 10.2. The van der Waals surface area contributed by atoms with Gasteiger partial charge >= 0.3 is 0 Å². The van der Waals surface area contributed by atoms with Crippen LogP contribution in [0.5, 0.6) is 11.5 Å². The van der Waals surface area contributed by atoms with Crippen molar-refractivity contribution in [3.8, 4) is 22.8 Å². The van der Waals surface area contributed by atoms with E-state index in [-0.39, 0.29) is 11.4 Å². The van der Waals surface area contributed by atoms with Gasteiger partial charge in [0, 0.05) is 17.7 Å². The van der Waals surface area contributed by atoms with Gasteiger partial charge in [-0.3, -0.25) is 4.79 Å². The lowest BCUT2D eigenvalue weighted by Gasteiger charge is -2.16. The summed E-state index contributed by atoms with van der Waals surface area (Å²) in [7, 11) is 3.21. The maximum absolute atomic E-state index is 12.4. The number of pyridine rings is 1. The fourth-order valence-corrected chi connectivity index (χ4v) is 2.49. The number of aromatic nitrogens is 1. The Balaban J connectivity index is 2.72. The monoisotopic (exact) mass is 307 g/mol. The van der Waals surface area contributed by atoms with Gasteiger partial charge in [0.1, 0.15) is 11.5 Å². The van der Waals surface area contributed by atoms with E-state index in [1.54, 1.807) is 24.9 Å². The van der Waals surface area contributed by atoms with Crippen molar-refractivity contribution in [3.05, 3.63) is 46.2 Å². The van der Waals surface area contributed by atoms with Gasteiger partial charge in [0.15, 0.2) is 0 Å². The fraction of sp³-hybridized carbons (Fsp3) is 0.312. The molecule has 0 radical (unpaired) electrons. The third-order valence-corrected chi connectivity index (χ3v) is 3.68. The molecular formula is C16H18ClNO3. The Morgan fingerprint density at radius 2 is 1.90 bits per heavy atom. The number of hydrogen-bond donors (Lipinski definition) is 0. The summed E-state index contributed by atoms with van der Waals surface area (Å²) < 4.78 is 12.3. The van der Waals surface area contributed by atoms with Crippen molar-refractivity contribution in [2.24, 2.45) is 0 Å². The maximum atomic E-state index is 12.4. The number of ether oxygens (including phenoxy) is 2. The van der Waals surface area contributed by atoms with Crippen molar-refractivity contribution in [3.63, 3.8) is 0 Å². The van der Waals surface area contributed by atoms with Crippen LogP contribution in [0.1, 0.15) is 12.5 Å². The second-order valence-electron chi connectivity index (χ2n) is 4.49. The molecule has 0 saturated heterocycles. The van der Waals surface area contributed by atoms with Gasteiger partial charge in [-0.1, -0.05) is 6.07 Å². The first kappa shape index (κ1) is 15.4. The minimum absolute atomic E-state index is 0.0742. The van der Waals surface area contributed by atoms with E-state index in [2.05, 4.69) is 0 Å². The van der Waals surface area contributed by atoms with Crippen LogP contribution in [0.2, 0.25) is 0 Å². The Morgan fingerprint density at radius 1 is 1.14 bits per heavy atom. The summed E-state index contributed by atoms with van der Waals surface area (Å²) in [6.07, 6.45) is 0. The molecule has 1 aromatic heterocycles. The first-order valence-electron chi connectivity index (χ1n) is 6.67. The largest absolute Gasteiger partial charge is 0.497 e. The summed E-state index contributed by atoms with van der Waals surface area (Å²) >= 11 is 5.81. The van der Waals surface area contributed by atoms with Crippen LogP contribution in [0.25, 0.3) is 11.3 Å². The average Bonchev–Trinajstić information content (AvgIpc) is 2.53. The van der Waals surface area contributed by atoms with Crippen LogP contribution in [0.15, 0.2) is 35.1 Å².